The second-order valence-electron chi connectivity index (χ2n) is 7.25. The Kier molecular flexibility index (Phi) is 5.31. The summed E-state index contributed by atoms with van der Waals surface area (Å²) in [4.78, 5) is 12.4. The van der Waals surface area contributed by atoms with Crippen LogP contribution in [0.2, 0.25) is 0 Å². The molecule has 2 aliphatic rings. The molecule has 0 spiro atoms. The van der Waals surface area contributed by atoms with Crippen molar-refractivity contribution in [1.82, 2.24) is 14.3 Å². The number of nitrogens with zero attached hydrogens (tertiary/aromatic N) is 4. The lowest BCUT2D eigenvalue weighted by Gasteiger charge is -2.38. The number of aromatic nitrogens is 2. The number of thioether (sulfide) groups is 1. The molecule has 1 saturated heterocycles. The van der Waals surface area contributed by atoms with Gasteiger partial charge in [-0.3, -0.25) is 0 Å². The largest absolute Gasteiger partial charge is 0.356 e. The number of fused-ring (bicyclic) bond motifs is 1. The number of hydrogen-bond acceptors (Lipinski definition) is 6. The molecule has 2 aromatic rings. The van der Waals surface area contributed by atoms with Gasteiger partial charge in [0.05, 0.1) is 10.8 Å². The summed E-state index contributed by atoms with van der Waals surface area (Å²) >= 11 is 1.71. The summed E-state index contributed by atoms with van der Waals surface area (Å²) < 4.78 is 27.2. The fourth-order valence-corrected chi connectivity index (χ4v) is 6.51. The van der Waals surface area contributed by atoms with Crippen LogP contribution in [0.15, 0.2) is 29.4 Å². The molecule has 0 bridgehead atoms. The lowest BCUT2D eigenvalue weighted by Crippen LogP contribution is -2.48. The predicted molar refractivity (Wildman–Crippen MR) is 111 cm³/mol. The van der Waals surface area contributed by atoms with Crippen molar-refractivity contribution >= 4 is 38.5 Å². The number of sulfonamides is 1. The van der Waals surface area contributed by atoms with Crippen LogP contribution in [0, 0.1) is 0 Å². The minimum Gasteiger partial charge on any atom is -0.356 e. The topological polar surface area (TPSA) is 66.4 Å². The monoisotopic (exact) mass is 406 g/mol. The highest BCUT2D eigenvalue weighted by Gasteiger charge is 2.42. The molecule has 4 rings (SSSR count). The molecule has 6 nitrogen and oxygen atoms in total. The van der Waals surface area contributed by atoms with E-state index in [4.69, 9.17) is 0 Å². The third-order valence-electron chi connectivity index (χ3n) is 5.58. The van der Waals surface area contributed by atoms with Gasteiger partial charge in [0.1, 0.15) is 12.1 Å². The summed E-state index contributed by atoms with van der Waals surface area (Å²) in [6.45, 7) is 4.15. The van der Waals surface area contributed by atoms with Crippen LogP contribution in [-0.2, 0) is 10.0 Å². The first-order chi connectivity index (χ1) is 13.0. The maximum Gasteiger partial charge on any atom is 0.217 e. The van der Waals surface area contributed by atoms with E-state index in [1.54, 1.807) is 22.4 Å². The number of piperidine rings is 1. The van der Waals surface area contributed by atoms with Gasteiger partial charge in [0.25, 0.3) is 0 Å². The zero-order valence-corrected chi connectivity index (χ0v) is 17.5. The summed E-state index contributed by atoms with van der Waals surface area (Å²) in [7, 11) is -3.12. The Morgan fingerprint density at radius 2 is 1.93 bits per heavy atom. The number of anilines is 1. The molecule has 1 aromatic heterocycles. The maximum absolute atomic E-state index is 12.7. The molecule has 2 heterocycles. The number of rotatable bonds is 6. The summed E-state index contributed by atoms with van der Waals surface area (Å²) in [6, 6.07) is 6.38. The second-order valence-corrected chi connectivity index (χ2v) is 10.3. The molecule has 1 aliphatic carbocycles. The summed E-state index contributed by atoms with van der Waals surface area (Å²) in [6.07, 6.45) is 7.01. The molecule has 1 aliphatic heterocycles. The van der Waals surface area contributed by atoms with Crippen molar-refractivity contribution in [3.63, 3.8) is 0 Å². The molecule has 1 aromatic carbocycles. The predicted octanol–water partition coefficient (Wildman–Crippen LogP) is 3.13. The Morgan fingerprint density at radius 1 is 1.19 bits per heavy atom. The Bertz CT molecular complexity index is 922. The van der Waals surface area contributed by atoms with Crippen LogP contribution in [0.4, 0.5) is 5.82 Å². The molecule has 0 unspecified atom stereocenters. The van der Waals surface area contributed by atoms with Gasteiger partial charge < -0.3 is 4.90 Å². The minimum absolute atomic E-state index is 0.103. The number of hydrogen-bond donors (Lipinski definition) is 0. The van der Waals surface area contributed by atoms with Gasteiger partial charge in [-0.05, 0) is 50.1 Å². The van der Waals surface area contributed by atoms with E-state index in [1.165, 1.54) is 4.90 Å². The third-order valence-corrected chi connectivity index (χ3v) is 8.83. The number of benzene rings is 1. The van der Waals surface area contributed by atoms with Crippen molar-refractivity contribution < 1.29 is 8.42 Å². The molecular weight excluding hydrogens is 380 g/mol. The standard InChI is InChI=1S/C19H26N4O2S2/c1-3-23(27(24,25)16-5-6-16)14-8-10-22(11-9-14)19-17-12-15(26-2)4-7-18(17)20-13-21-19/h4,7,12-14,16H,3,5-6,8-11H2,1-2H3. The van der Waals surface area contributed by atoms with Crippen LogP contribution >= 0.6 is 11.8 Å². The van der Waals surface area contributed by atoms with Crippen LogP contribution < -0.4 is 4.90 Å². The first-order valence-corrected chi connectivity index (χ1v) is 12.3. The van der Waals surface area contributed by atoms with Gasteiger partial charge in [0, 0.05) is 36.0 Å². The Morgan fingerprint density at radius 3 is 2.56 bits per heavy atom. The summed E-state index contributed by atoms with van der Waals surface area (Å²) in [5, 5.41) is 0.937. The van der Waals surface area contributed by atoms with E-state index in [9.17, 15) is 8.42 Å². The van der Waals surface area contributed by atoms with Crippen LogP contribution in [0.25, 0.3) is 10.9 Å². The zero-order chi connectivity index (χ0) is 19.0. The molecule has 0 amide bonds. The molecule has 146 valence electrons. The highest BCUT2D eigenvalue weighted by Crippen LogP contribution is 2.35. The van der Waals surface area contributed by atoms with Gasteiger partial charge in [-0.25, -0.2) is 18.4 Å². The molecular formula is C19H26N4O2S2. The van der Waals surface area contributed by atoms with Gasteiger partial charge in [-0.1, -0.05) is 6.92 Å². The smallest absolute Gasteiger partial charge is 0.217 e. The molecule has 1 saturated carbocycles. The van der Waals surface area contributed by atoms with E-state index in [1.807, 2.05) is 13.0 Å². The Labute approximate surface area is 165 Å². The average Bonchev–Trinajstić information content (AvgIpc) is 3.54. The Balaban J connectivity index is 1.53. The highest BCUT2D eigenvalue weighted by molar-refractivity contribution is 7.98. The molecule has 2 fully saturated rings. The second kappa shape index (κ2) is 7.56. The van der Waals surface area contributed by atoms with Gasteiger partial charge in [0.2, 0.25) is 10.0 Å². The van der Waals surface area contributed by atoms with Crippen LogP contribution in [-0.4, -0.2) is 59.9 Å². The molecule has 27 heavy (non-hydrogen) atoms. The quantitative estimate of drug-likeness (QED) is 0.687. The van der Waals surface area contributed by atoms with Crippen LogP contribution in [0.3, 0.4) is 0 Å². The van der Waals surface area contributed by atoms with E-state index >= 15 is 0 Å². The van der Waals surface area contributed by atoms with Crippen LogP contribution in [0.5, 0.6) is 0 Å². The molecule has 0 atom stereocenters. The van der Waals surface area contributed by atoms with Gasteiger partial charge in [0.15, 0.2) is 0 Å². The lowest BCUT2D eigenvalue weighted by molar-refractivity contribution is 0.283. The SMILES string of the molecule is CCN(C1CCN(c2ncnc3ccc(SC)cc23)CC1)S(=O)(=O)C1CC1. The van der Waals surface area contributed by atoms with Crippen molar-refractivity contribution in [2.75, 3.05) is 30.8 Å². The van der Waals surface area contributed by atoms with E-state index in [0.29, 0.717) is 6.54 Å². The fraction of sp³-hybridized carbons (Fsp3) is 0.579. The molecule has 0 N–H and O–H groups in total. The van der Waals surface area contributed by atoms with Gasteiger partial charge in [-0.15, -0.1) is 11.8 Å². The molecule has 8 heteroatoms. The van der Waals surface area contributed by atoms with Crippen molar-refractivity contribution in [3.05, 3.63) is 24.5 Å². The van der Waals surface area contributed by atoms with E-state index in [0.717, 1.165) is 55.5 Å². The highest BCUT2D eigenvalue weighted by atomic mass is 32.2. The first kappa shape index (κ1) is 19.0. The van der Waals surface area contributed by atoms with E-state index in [2.05, 4.69) is 33.3 Å². The fourth-order valence-electron chi connectivity index (χ4n) is 3.97. The maximum atomic E-state index is 12.7. The average molecular weight is 407 g/mol. The summed E-state index contributed by atoms with van der Waals surface area (Å²) in [5.41, 5.74) is 0.950. The molecule has 0 radical (unpaired) electrons. The lowest BCUT2D eigenvalue weighted by atomic mass is 10.0. The van der Waals surface area contributed by atoms with Gasteiger partial charge in [-0.2, -0.15) is 4.31 Å². The van der Waals surface area contributed by atoms with Crippen LogP contribution in [0.1, 0.15) is 32.6 Å². The van der Waals surface area contributed by atoms with Crippen molar-refractivity contribution in [3.8, 4) is 0 Å². The van der Waals surface area contributed by atoms with Crippen molar-refractivity contribution in [2.24, 2.45) is 0 Å². The first-order valence-electron chi connectivity index (χ1n) is 9.59. The summed E-state index contributed by atoms with van der Waals surface area (Å²) in [5.74, 6) is 0.961. The minimum atomic E-state index is -3.12. The Hall–Kier alpha value is -1.38. The normalized spacial score (nSPS) is 19.1. The van der Waals surface area contributed by atoms with E-state index in [-0.39, 0.29) is 11.3 Å². The van der Waals surface area contributed by atoms with E-state index < -0.39 is 10.0 Å². The van der Waals surface area contributed by atoms with Crippen molar-refractivity contribution in [2.45, 2.75) is 48.8 Å². The van der Waals surface area contributed by atoms with Gasteiger partial charge >= 0.3 is 0 Å². The third kappa shape index (κ3) is 3.67. The zero-order valence-electron chi connectivity index (χ0n) is 15.8. The van der Waals surface area contributed by atoms with Crippen molar-refractivity contribution in [1.29, 1.82) is 0 Å².